The number of nitrogens with one attached hydrogen (secondary N) is 1. The molecule has 21 heavy (non-hydrogen) atoms. The van der Waals surface area contributed by atoms with Crippen LogP contribution in [0.25, 0.3) is 11.1 Å². The monoisotopic (exact) mass is 281 g/mol. The van der Waals surface area contributed by atoms with Crippen molar-refractivity contribution in [2.45, 2.75) is 18.9 Å². The van der Waals surface area contributed by atoms with Gasteiger partial charge < -0.3 is 10.4 Å². The molecular formula is C17H15NO3. The van der Waals surface area contributed by atoms with Gasteiger partial charge in [-0.25, -0.2) is 4.79 Å². The van der Waals surface area contributed by atoms with Crippen molar-refractivity contribution in [3.8, 4) is 11.1 Å². The minimum Gasteiger partial charge on any atom is -0.478 e. The Hall–Kier alpha value is -2.62. The van der Waals surface area contributed by atoms with Gasteiger partial charge in [0.1, 0.15) is 0 Å². The van der Waals surface area contributed by atoms with E-state index in [1.165, 1.54) is 0 Å². The van der Waals surface area contributed by atoms with E-state index in [1.54, 1.807) is 30.3 Å². The summed E-state index contributed by atoms with van der Waals surface area (Å²) in [6, 6.07) is 14.3. The largest absolute Gasteiger partial charge is 0.478 e. The minimum atomic E-state index is -0.947. The molecule has 2 N–H and O–H groups in total. The number of carbonyl (C=O) groups excluding carboxylic acids is 1. The zero-order chi connectivity index (χ0) is 14.8. The third kappa shape index (κ3) is 3.11. The Labute approximate surface area is 122 Å². The van der Waals surface area contributed by atoms with E-state index in [1.807, 2.05) is 18.2 Å². The second-order valence-electron chi connectivity index (χ2n) is 5.21. The van der Waals surface area contributed by atoms with Crippen LogP contribution in [0.15, 0.2) is 48.5 Å². The second kappa shape index (κ2) is 5.40. The average Bonchev–Trinajstić information content (AvgIpc) is 3.31. The lowest BCUT2D eigenvalue weighted by molar-refractivity contribution is 0.0696. The van der Waals surface area contributed by atoms with Crippen molar-refractivity contribution < 1.29 is 14.7 Å². The first-order valence-electron chi connectivity index (χ1n) is 6.88. The van der Waals surface area contributed by atoms with Gasteiger partial charge in [-0.2, -0.15) is 0 Å². The molecule has 0 spiro atoms. The Morgan fingerprint density at radius 2 is 1.67 bits per heavy atom. The van der Waals surface area contributed by atoms with Crippen LogP contribution in [0.3, 0.4) is 0 Å². The lowest BCUT2D eigenvalue weighted by Gasteiger charge is -2.06. The van der Waals surface area contributed by atoms with Crippen molar-refractivity contribution in [3.63, 3.8) is 0 Å². The summed E-state index contributed by atoms with van der Waals surface area (Å²) in [5, 5.41) is 11.9. The van der Waals surface area contributed by atoms with Crippen LogP contribution in [0.5, 0.6) is 0 Å². The van der Waals surface area contributed by atoms with E-state index in [-0.39, 0.29) is 11.5 Å². The Morgan fingerprint density at radius 3 is 2.29 bits per heavy atom. The maximum absolute atomic E-state index is 11.9. The fourth-order valence-corrected chi connectivity index (χ4v) is 2.14. The average molecular weight is 281 g/mol. The molecule has 1 saturated carbocycles. The molecule has 4 heteroatoms. The third-order valence-electron chi connectivity index (χ3n) is 3.50. The zero-order valence-electron chi connectivity index (χ0n) is 11.4. The van der Waals surface area contributed by atoms with Gasteiger partial charge in [-0.3, -0.25) is 4.79 Å². The number of hydrogen-bond donors (Lipinski definition) is 2. The first kappa shape index (κ1) is 13.4. The van der Waals surface area contributed by atoms with Crippen molar-refractivity contribution >= 4 is 11.9 Å². The molecule has 0 saturated heterocycles. The molecule has 0 heterocycles. The standard InChI is InChI=1S/C17H15NO3/c19-16(18-15-8-9-15)12-6-4-11(5-7-12)13-2-1-3-14(10-13)17(20)21/h1-7,10,15H,8-9H2,(H,18,19)(H,20,21). The second-order valence-corrected chi connectivity index (χ2v) is 5.21. The summed E-state index contributed by atoms with van der Waals surface area (Å²) in [5.74, 6) is -0.999. The molecular weight excluding hydrogens is 266 g/mol. The summed E-state index contributed by atoms with van der Waals surface area (Å²) in [7, 11) is 0. The SMILES string of the molecule is O=C(O)c1cccc(-c2ccc(C(=O)NC3CC3)cc2)c1. The highest BCUT2D eigenvalue weighted by molar-refractivity contribution is 5.95. The van der Waals surface area contributed by atoms with E-state index in [9.17, 15) is 9.59 Å². The zero-order valence-corrected chi connectivity index (χ0v) is 11.4. The quantitative estimate of drug-likeness (QED) is 0.905. The predicted octanol–water partition coefficient (Wildman–Crippen LogP) is 2.94. The van der Waals surface area contributed by atoms with Crippen LogP contribution in [0.1, 0.15) is 33.6 Å². The van der Waals surface area contributed by atoms with Gasteiger partial charge in [0.2, 0.25) is 0 Å². The van der Waals surface area contributed by atoms with Crippen molar-refractivity contribution in [2.75, 3.05) is 0 Å². The van der Waals surface area contributed by atoms with Gasteiger partial charge in [0.05, 0.1) is 5.56 Å². The molecule has 0 aliphatic heterocycles. The topological polar surface area (TPSA) is 66.4 Å². The first-order chi connectivity index (χ1) is 10.1. The molecule has 1 aliphatic rings. The van der Waals surface area contributed by atoms with Gasteiger partial charge in [0.15, 0.2) is 0 Å². The summed E-state index contributed by atoms with van der Waals surface area (Å²) in [6.45, 7) is 0. The molecule has 2 aromatic rings. The Morgan fingerprint density at radius 1 is 0.952 bits per heavy atom. The fraction of sp³-hybridized carbons (Fsp3) is 0.176. The number of carbonyl (C=O) groups is 2. The number of amides is 1. The van der Waals surface area contributed by atoms with E-state index in [0.29, 0.717) is 11.6 Å². The normalized spacial score (nSPS) is 13.7. The molecule has 1 fully saturated rings. The van der Waals surface area contributed by atoms with Crippen LogP contribution in [0, 0.1) is 0 Å². The van der Waals surface area contributed by atoms with Crippen LogP contribution in [0.2, 0.25) is 0 Å². The van der Waals surface area contributed by atoms with Crippen LogP contribution in [0.4, 0.5) is 0 Å². The highest BCUT2D eigenvalue weighted by atomic mass is 16.4. The number of carboxylic acid groups (broad SMARTS) is 1. The van der Waals surface area contributed by atoms with Crippen molar-refractivity contribution in [2.24, 2.45) is 0 Å². The number of carboxylic acids is 1. The molecule has 0 bridgehead atoms. The summed E-state index contributed by atoms with van der Waals surface area (Å²) in [4.78, 5) is 22.9. The Kier molecular flexibility index (Phi) is 3.44. The lowest BCUT2D eigenvalue weighted by atomic mass is 10.0. The molecule has 4 nitrogen and oxygen atoms in total. The van der Waals surface area contributed by atoms with E-state index in [2.05, 4.69) is 5.32 Å². The Balaban J connectivity index is 1.81. The summed E-state index contributed by atoms with van der Waals surface area (Å²) >= 11 is 0. The highest BCUT2D eigenvalue weighted by Gasteiger charge is 2.23. The van der Waals surface area contributed by atoms with E-state index >= 15 is 0 Å². The van der Waals surface area contributed by atoms with Gasteiger partial charge >= 0.3 is 5.97 Å². The van der Waals surface area contributed by atoms with Crippen LogP contribution in [-0.4, -0.2) is 23.0 Å². The predicted molar refractivity (Wildman–Crippen MR) is 79.3 cm³/mol. The van der Waals surface area contributed by atoms with Gasteiger partial charge in [0.25, 0.3) is 5.91 Å². The lowest BCUT2D eigenvalue weighted by Crippen LogP contribution is -2.25. The van der Waals surface area contributed by atoms with Crippen LogP contribution in [-0.2, 0) is 0 Å². The fourth-order valence-electron chi connectivity index (χ4n) is 2.14. The number of hydrogen-bond acceptors (Lipinski definition) is 2. The smallest absolute Gasteiger partial charge is 0.335 e. The first-order valence-corrected chi connectivity index (χ1v) is 6.88. The van der Waals surface area contributed by atoms with Crippen molar-refractivity contribution in [1.82, 2.24) is 5.32 Å². The molecule has 106 valence electrons. The van der Waals surface area contributed by atoms with Crippen LogP contribution < -0.4 is 5.32 Å². The summed E-state index contributed by atoms with van der Waals surface area (Å²) in [6.07, 6.45) is 2.12. The molecule has 0 aromatic heterocycles. The van der Waals surface area contributed by atoms with E-state index < -0.39 is 5.97 Å². The van der Waals surface area contributed by atoms with Gasteiger partial charge in [-0.1, -0.05) is 24.3 Å². The number of rotatable bonds is 4. The van der Waals surface area contributed by atoms with Crippen LogP contribution >= 0.6 is 0 Å². The minimum absolute atomic E-state index is 0.0525. The third-order valence-corrected chi connectivity index (χ3v) is 3.50. The van der Waals surface area contributed by atoms with E-state index in [4.69, 9.17) is 5.11 Å². The Bertz CT molecular complexity index is 687. The summed E-state index contributed by atoms with van der Waals surface area (Å²) in [5.41, 5.74) is 2.59. The van der Waals surface area contributed by atoms with Gasteiger partial charge in [0, 0.05) is 11.6 Å². The molecule has 0 unspecified atom stereocenters. The maximum Gasteiger partial charge on any atom is 0.335 e. The maximum atomic E-state index is 11.9. The van der Waals surface area contributed by atoms with Gasteiger partial charge in [-0.05, 0) is 48.2 Å². The van der Waals surface area contributed by atoms with Crippen molar-refractivity contribution in [3.05, 3.63) is 59.7 Å². The summed E-state index contributed by atoms with van der Waals surface area (Å²) < 4.78 is 0. The highest BCUT2D eigenvalue weighted by Crippen LogP contribution is 2.22. The molecule has 1 aliphatic carbocycles. The molecule has 0 atom stereocenters. The van der Waals surface area contributed by atoms with Gasteiger partial charge in [-0.15, -0.1) is 0 Å². The number of benzene rings is 2. The molecule has 1 amide bonds. The van der Waals surface area contributed by atoms with E-state index in [0.717, 1.165) is 24.0 Å². The molecule has 2 aromatic carbocycles. The molecule has 3 rings (SSSR count). The molecule has 0 radical (unpaired) electrons. The number of aromatic carboxylic acids is 1. The van der Waals surface area contributed by atoms with Crippen molar-refractivity contribution in [1.29, 1.82) is 0 Å².